The van der Waals surface area contributed by atoms with Crippen LogP contribution in [-0.4, -0.2) is 60.4 Å². The molecule has 5 nitrogen and oxygen atoms in total. The molecular formula is C24H50N2O3. The molecule has 0 aromatic carbocycles. The summed E-state index contributed by atoms with van der Waals surface area (Å²) >= 11 is 0. The van der Waals surface area contributed by atoms with Gasteiger partial charge in [-0.2, -0.15) is 0 Å². The highest BCUT2D eigenvalue weighted by Crippen LogP contribution is 2.13. The van der Waals surface area contributed by atoms with E-state index in [1.54, 1.807) is 0 Å². The molecule has 0 aliphatic carbocycles. The lowest BCUT2D eigenvalue weighted by molar-refractivity contribution is -0.121. The van der Waals surface area contributed by atoms with Gasteiger partial charge in [-0.25, -0.2) is 0 Å². The summed E-state index contributed by atoms with van der Waals surface area (Å²) in [5, 5.41) is 20.9. The minimum atomic E-state index is 0.0765. The van der Waals surface area contributed by atoms with Crippen LogP contribution in [0.5, 0.6) is 0 Å². The van der Waals surface area contributed by atoms with E-state index in [0.717, 1.165) is 12.8 Å². The Morgan fingerprint density at radius 2 is 1.07 bits per heavy atom. The van der Waals surface area contributed by atoms with Crippen LogP contribution in [-0.2, 0) is 4.79 Å². The van der Waals surface area contributed by atoms with Gasteiger partial charge in [0.1, 0.15) is 0 Å². The summed E-state index contributed by atoms with van der Waals surface area (Å²) in [7, 11) is 0. The maximum absolute atomic E-state index is 11.8. The number of rotatable bonds is 23. The van der Waals surface area contributed by atoms with E-state index in [9.17, 15) is 4.79 Å². The van der Waals surface area contributed by atoms with Crippen LogP contribution in [0.2, 0.25) is 0 Å². The summed E-state index contributed by atoms with van der Waals surface area (Å²) in [5.41, 5.74) is 0. The van der Waals surface area contributed by atoms with E-state index in [0.29, 0.717) is 32.6 Å². The Bertz CT molecular complexity index is 334. The van der Waals surface area contributed by atoms with Crippen molar-refractivity contribution in [3.63, 3.8) is 0 Å². The maximum Gasteiger partial charge on any atom is 0.220 e. The standard InChI is InChI=1S/C24H50N2O3/c1-2-3-4-5-6-7-8-9-10-11-12-13-14-15-16-17-24(29)25-18-19-26(20-22-27)21-23-28/h27-28H,2-23H2,1H3,(H,25,29). The Hall–Kier alpha value is -0.650. The van der Waals surface area contributed by atoms with Crippen LogP contribution >= 0.6 is 0 Å². The summed E-state index contributed by atoms with van der Waals surface area (Å²) < 4.78 is 0. The smallest absolute Gasteiger partial charge is 0.220 e. The monoisotopic (exact) mass is 414 g/mol. The zero-order valence-electron chi connectivity index (χ0n) is 19.3. The SMILES string of the molecule is CCCCCCCCCCCCCCCCCC(=O)NCCN(CCO)CCO. The van der Waals surface area contributed by atoms with Crippen molar-refractivity contribution in [3.05, 3.63) is 0 Å². The first kappa shape index (κ1) is 28.4. The highest BCUT2D eigenvalue weighted by Gasteiger charge is 2.05. The Labute approximate surface area is 180 Å². The van der Waals surface area contributed by atoms with Crippen molar-refractivity contribution < 1.29 is 15.0 Å². The average molecular weight is 415 g/mol. The van der Waals surface area contributed by atoms with Gasteiger partial charge in [-0.1, -0.05) is 96.8 Å². The Morgan fingerprint density at radius 3 is 1.48 bits per heavy atom. The van der Waals surface area contributed by atoms with Gasteiger partial charge >= 0.3 is 0 Å². The largest absolute Gasteiger partial charge is 0.395 e. The molecule has 0 aliphatic heterocycles. The summed E-state index contributed by atoms with van der Waals surface area (Å²) in [5.74, 6) is 0.118. The number of nitrogens with one attached hydrogen (secondary N) is 1. The molecule has 29 heavy (non-hydrogen) atoms. The van der Waals surface area contributed by atoms with Gasteiger partial charge in [-0.05, 0) is 6.42 Å². The third-order valence-corrected chi connectivity index (χ3v) is 5.59. The molecule has 0 unspecified atom stereocenters. The van der Waals surface area contributed by atoms with E-state index in [2.05, 4.69) is 12.2 Å². The van der Waals surface area contributed by atoms with Crippen molar-refractivity contribution in [1.82, 2.24) is 10.2 Å². The molecule has 0 heterocycles. The average Bonchev–Trinajstić information content (AvgIpc) is 2.71. The summed E-state index contributed by atoms with van der Waals surface area (Å²) in [6.45, 7) is 4.75. The molecule has 0 aromatic heterocycles. The Kier molecular flexibility index (Phi) is 23.1. The van der Waals surface area contributed by atoms with Crippen molar-refractivity contribution in [3.8, 4) is 0 Å². The van der Waals surface area contributed by atoms with Gasteiger partial charge in [0, 0.05) is 32.6 Å². The van der Waals surface area contributed by atoms with Gasteiger partial charge in [-0.3, -0.25) is 9.69 Å². The molecule has 0 radical (unpaired) electrons. The van der Waals surface area contributed by atoms with Crippen LogP contribution < -0.4 is 5.32 Å². The molecule has 0 spiro atoms. The zero-order chi connectivity index (χ0) is 21.4. The summed E-state index contributed by atoms with van der Waals surface area (Å²) in [4.78, 5) is 13.8. The van der Waals surface area contributed by atoms with Gasteiger partial charge in [0.15, 0.2) is 0 Å². The zero-order valence-corrected chi connectivity index (χ0v) is 19.3. The van der Waals surface area contributed by atoms with Crippen molar-refractivity contribution in [2.45, 2.75) is 110 Å². The van der Waals surface area contributed by atoms with Gasteiger partial charge in [-0.15, -0.1) is 0 Å². The van der Waals surface area contributed by atoms with Gasteiger partial charge < -0.3 is 15.5 Å². The number of aliphatic hydroxyl groups is 2. The van der Waals surface area contributed by atoms with E-state index in [-0.39, 0.29) is 19.1 Å². The number of amides is 1. The highest BCUT2D eigenvalue weighted by molar-refractivity contribution is 5.75. The second kappa shape index (κ2) is 23.6. The van der Waals surface area contributed by atoms with E-state index in [1.165, 1.54) is 83.5 Å². The van der Waals surface area contributed by atoms with E-state index in [1.807, 2.05) is 4.90 Å². The van der Waals surface area contributed by atoms with Crippen molar-refractivity contribution in [2.75, 3.05) is 39.4 Å². The number of hydrogen-bond donors (Lipinski definition) is 3. The highest BCUT2D eigenvalue weighted by atomic mass is 16.3. The van der Waals surface area contributed by atoms with Gasteiger partial charge in [0.2, 0.25) is 5.91 Å². The molecule has 0 aromatic rings. The quantitative estimate of drug-likeness (QED) is 0.213. The van der Waals surface area contributed by atoms with Crippen LogP contribution in [0.25, 0.3) is 0 Å². The van der Waals surface area contributed by atoms with Crippen LogP contribution in [0, 0.1) is 0 Å². The predicted molar refractivity (Wildman–Crippen MR) is 123 cm³/mol. The first-order valence-corrected chi connectivity index (χ1v) is 12.4. The molecule has 0 rings (SSSR count). The molecule has 0 atom stereocenters. The lowest BCUT2D eigenvalue weighted by Gasteiger charge is -2.20. The number of hydrogen-bond acceptors (Lipinski definition) is 4. The third-order valence-electron chi connectivity index (χ3n) is 5.59. The van der Waals surface area contributed by atoms with Crippen molar-refractivity contribution in [2.24, 2.45) is 0 Å². The third kappa shape index (κ3) is 21.9. The number of unbranched alkanes of at least 4 members (excludes halogenated alkanes) is 14. The first-order valence-electron chi connectivity index (χ1n) is 12.4. The van der Waals surface area contributed by atoms with E-state index < -0.39 is 0 Å². The molecule has 1 amide bonds. The topological polar surface area (TPSA) is 72.8 Å². The number of carbonyl (C=O) groups excluding carboxylic acids is 1. The molecule has 0 saturated carbocycles. The van der Waals surface area contributed by atoms with Gasteiger partial charge in [0.05, 0.1) is 13.2 Å². The second-order valence-electron chi connectivity index (χ2n) is 8.34. The molecule has 5 heteroatoms. The van der Waals surface area contributed by atoms with Crippen LogP contribution in [0.4, 0.5) is 0 Å². The number of nitrogens with zero attached hydrogens (tertiary/aromatic N) is 1. The molecule has 0 fully saturated rings. The van der Waals surface area contributed by atoms with E-state index in [4.69, 9.17) is 10.2 Å². The lowest BCUT2D eigenvalue weighted by Crippen LogP contribution is -2.37. The first-order chi connectivity index (χ1) is 14.2. The van der Waals surface area contributed by atoms with E-state index >= 15 is 0 Å². The van der Waals surface area contributed by atoms with Crippen LogP contribution in [0.15, 0.2) is 0 Å². The molecule has 0 aliphatic rings. The van der Waals surface area contributed by atoms with Crippen molar-refractivity contribution in [1.29, 1.82) is 0 Å². The summed E-state index contributed by atoms with van der Waals surface area (Å²) in [6.07, 6.45) is 20.6. The molecular weight excluding hydrogens is 364 g/mol. The molecule has 0 bridgehead atoms. The van der Waals surface area contributed by atoms with Gasteiger partial charge in [0.25, 0.3) is 0 Å². The van der Waals surface area contributed by atoms with Crippen molar-refractivity contribution >= 4 is 5.91 Å². The maximum atomic E-state index is 11.8. The predicted octanol–water partition coefficient (Wildman–Crippen LogP) is 4.65. The van der Waals surface area contributed by atoms with Crippen LogP contribution in [0.3, 0.4) is 0 Å². The number of carbonyl (C=O) groups is 1. The normalized spacial score (nSPS) is 11.3. The lowest BCUT2D eigenvalue weighted by atomic mass is 10.0. The minimum absolute atomic E-state index is 0.0765. The van der Waals surface area contributed by atoms with Crippen LogP contribution in [0.1, 0.15) is 110 Å². The Balaban J connectivity index is 3.28. The summed E-state index contributed by atoms with van der Waals surface area (Å²) in [6, 6.07) is 0. The number of aliphatic hydroxyl groups excluding tert-OH is 2. The minimum Gasteiger partial charge on any atom is -0.395 e. The molecule has 3 N–H and O–H groups in total. The second-order valence-corrected chi connectivity index (χ2v) is 8.34. The Morgan fingerprint density at radius 1 is 0.655 bits per heavy atom. The molecule has 0 saturated heterocycles. The molecule has 174 valence electrons. The fraction of sp³-hybridized carbons (Fsp3) is 0.958. The fourth-order valence-corrected chi connectivity index (χ4v) is 3.72. The fourth-order valence-electron chi connectivity index (χ4n) is 3.72.